The molecule has 0 atom stereocenters. The van der Waals surface area contributed by atoms with E-state index in [1.54, 1.807) is 19.1 Å². The molecule has 0 bridgehead atoms. The SMILES string of the molecule is Cc1nc(-c2ccc(O)cc2)oc1C(=O)O. The van der Waals surface area contributed by atoms with Gasteiger partial charge in [-0.05, 0) is 31.2 Å². The van der Waals surface area contributed by atoms with Crippen LogP contribution in [0.4, 0.5) is 0 Å². The molecule has 1 aromatic heterocycles. The van der Waals surface area contributed by atoms with Gasteiger partial charge in [0.15, 0.2) is 0 Å². The number of hydrogen-bond donors (Lipinski definition) is 2. The van der Waals surface area contributed by atoms with Crippen molar-refractivity contribution in [3.05, 3.63) is 35.7 Å². The first-order valence-corrected chi connectivity index (χ1v) is 4.58. The predicted octanol–water partition coefficient (Wildman–Crippen LogP) is 2.05. The zero-order chi connectivity index (χ0) is 11.7. The fourth-order valence-electron chi connectivity index (χ4n) is 1.32. The summed E-state index contributed by atoms with van der Waals surface area (Å²) in [5.74, 6) is -0.946. The fraction of sp³-hybridized carbons (Fsp3) is 0.0909. The molecule has 5 heteroatoms. The molecule has 0 radical (unpaired) electrons. The number of oxazole rings is 1. The number of phenolic OH excluding ortho intramolecular Hbond substituents is 1. The summed E-state index contributed by atoms with van der Waals surface area (Å²) >= 11 is 0. The maximum Gasteiger partial charge on any atom is 0.373 e. The Balaban J connectivity index is 2.45. The molecule has 0 aliphatic heterocycles. The van der Waals surface area contributed by atoms with Gasteiger partial charge in [-0.2, -0.15) is 0 Å². The van der Waals surface area contributed by atoms with Gasteiger partial charge < -0.3 is 14.6 Å². The topological polar surface area (TPSA) is 83.6 Å². The van der Waals surface area contributed by atoms with Crippen LogP contribution in [0.25, 0.3) is 11.5 Å². The summed E-state index contributed by atoms with van der Waals surface area (Å²) in [5.41, 5.74) is 0.948. The molecule has 2 N–H and O–H groups in total. The summed E-state index contributed by atoms with van der Waals surface area (Å²) < 4.78 is 5.11. The van der Waals surface area contributed by atoms with Gasteiger partial charge in [0.05, 0.1) is 5.69 Å². The first kappa shape index (κ1) is 10.2. The number of carboxylic acid groups (broad SMARTS) is 1. The molecule has 0 fully saturated rings. The third-order valence-electron chi connectivity index (χ3n) is 2.11. The molecule has 2 aromatic rings. The fourth-order valence-corrected chi connectivity index (χ4v) is 1.32. The number of aryl methyl sites for hydroxylation is 1. The summed E-state index contributed by atoms with van der Waals surface area (Å²) in [7, 11) is 0. The van der Waals surface area contributed by atoms with Crippen molar-refractivity contribution in [1.82, 2.24) is 4.98 Å². The zero-order valence-electron chi connectivity index (χ0n) is 8.47. The van der Waals surface area contributed by atoms with E-state index in [4.69, 9.17) is 14.6 Å². The van der Waals surface area contributed by atoms with Crippen molar-refractivity contribution in [3.63, 3.8) is 0 Å². The first-order chi connectivity index (χ1) is 7.58. The Hall–Kier alpha value is -2.30. The van der Waals surface area contributed by atoms with Crippen LogP contribution in [0, 0.1) is 6.92 Å². The van der Waals surface area contributed by atoms with Gasteiger partial charge in [0, 0.05) is 5.56 Å². The number of rotatable bonds is 2. The molecule has 1 heterocycles. The molecule has 0 unspecified atom stereocenters. The maximum atomic E-state index is 10.7. The highest BCUT2D eigenvalue weighted by Crippen LogP contribution is 2.23. The number of phenols is 1. The third kappa shape index (κ3) is 1.75. The predicted molar refractivity (Wildman–Crippen MR) is 55.3 cm³/mol. The Bertz CT molecular complexity index is 527. The number of carbonyl (C=O) groups is 1. The van der Waals surface area contributed by atoms with Gasteiger partial charge in [-0.1, -0.05) is 0 Å². The van der Waals surface area contributed by atoms with E-state index in [2.05, 4.69) is 4.98 Å². The summed E-state index contributed by atoms with van der Waals surface area (Å²) in [6.07, 6.45) is 0. The van der Waals surface area contributed by atoms with Gasteiger partial charge in [0.2, 0.25) is 11.7 Å². The van der Waals surface area contributed by atoms with Crippen LogP contribution in [0.3, 0.4) is 0 Å². The monoisotopic (exact) mass is 219 g/mol. The molecule has 0 aliphatic carbocycles. The summed E-state index contributed by atoms with van der Waals surface area (Å²) in [6.45, 7) is 1.57. The normalized spacial score (nSPS) is 10.3. The summed E-state index contributed by atoms with van der Waals surface area (Å²) in [5, 5.41) is 17.9. The lowest BCUT2D eigenvalue weighted by atomic mass is 10.2. The Morgan fingerprint density at radius 3 is 2.44 bits per heavy atom. The first-order valence-electron chi connectivity index (χ1n) is 4.58. The molecule has 0 saturated carbocycles. The number of aromatic nitrogens is 1. The molecule has 0 amide bonds. The number of aromatic hydroxyl groups is 1. The highest BCUT2D eigenvalue weighted by atomic mass is 16.4. The Kier molecular flexibility index (Phi) is 2.36. The van der Waals surface area contributed by atoms with Crippen molar-refractivity contribution in [1.29, 1.82) is 0 Å². The highest BCUT2D eigenvalue weighted by molar-refractivity contribution is 5.86. The summed E-state index contributed by atoms with van der Waals surface area (Å²) in [4.78, 5) is 14.7. The van der Waals surface area contributed by atoms with Crippen LogP contribution in [-0.4, -0.2) is 21.2 Å². The van der Waals surface area contributed by atoms with Crippen LogP contribution in [-0.2, 0) is 0 Å². The van der Waals surface area contributed by atoms with Crippen LogP contribution >= 0.6 is 0 Å². The number of nitrogens with zero attached hydrogens (tertiary/aromatic N) is 1. The molecule has 0 aliphatic rings. The van der Waals surface area contributed by atoms with E-state index in [-0.39, 0.29) is 17.4 Å². The standard InChI is InChI=1S/C11H9NO4/c1-6-9(11(14)15)16-10(12-6)7-2-4-8(13)5-3-7/h2-5,13H,1H3,(H,14,15). The Morgan fingerprint density at radius 2 is 1.94 bits per heavy atom. The minimum atomic E-state index is -1.14. The minimum Gasteiger partial charge on any atom is -0.508 e. The lowest BCUT2D eigenvalue weighted by molar-refractivity contribution is 0.0662. The molecule has 16 heavy (non-hydrogen) atoms. The van der Waals surface area contributed by atoms with E-state index in [0.717, 1.165) is 0 Å². The maximum absolute atomic E-state index is 10.7. The Morgan fingerprint density at radius 1 is 1.31 bits per heavy atom. The van der Waals surface area contributed by atoms with E-state index >= 15 is 0 Å². The largest absolute Gasteiger partial charge is 0.508 e. The smallest absolute Gasteiger partial charge is 0.373 e. The lowest BCUT2D eigenvalue weighted by Crippen LogP contribution is -1.95. The van der Waals surface area contributed by atoms with Gasteiger partial charge in [-0.25, -0.2) is 9.78 Å². The number of carboxylic acids is 1. The quantitative estimate of drug-likeness (QED) is 0.807. The van der Waals surface area contributed by atoms with E-state index in [0.29, 0.717) is 11.3 Å². The van der Waals surface area contributed by atoms with Crippen LogP contribution in [0.15, 0.2) is 28.7 Å². The average Bonchev–Trinajstić information content (AvgIpc) is 2.61. The van der Waals surface area contributed by atoms with Gasteiger partial charge in [-0.3, -0.25) is 0 Å². The van der Waals surface area contributed by atoms with Gasteiger partial charge in [-0.15, -0.1) is 0 Å². The van der Waals surface area contributed by atoms with E-state index < -0.39 is 5.97 Å². The zero-order valence-corrected chi connectivity index (χ0v) is 8.47. The van der Waals surface area contributed by atoms with Crippen LogP contribution in [0.2, 0.25) is 0 Å². The molecular formula is C11H9NO4. The Labute approximate surface area is 91.0 Å². The van der Waals surface area contributed by atoms with E-state index in [9.17, 15) is 4.79 Å². The molecular weight excluding hydrogens is 210 g/mol. The van der Waals surface area contributed by atoms with Crippen molar-refractivity contribution in [3.8, 4) is 17.2 Å². The second kappa shape index (κ2) is 3.69. The third-order valence-corrected chi connectivity index (χ3v) is 2.11. The van der Waals surface area contributed by atoms with Crippen LogP contribution < -0.4 is 0 Å². The number of aromatic carboxylic acids is 1. The van der Waals surface area contributed by atoms with Crippen molar-refractivity contribution in [2.24, 2.45) is 0 Å². The van der Waals surface area contributed by atoms with E-state index in [1.807, 2.05) is 0 Å². The van der Waals surface area contributed by atoms with Crippen molar-refractivity contribution >= 4 is 5.97 Å². The van der Waals surface area contributed by atoms with Gasteiger partial charge in [0.1, 0.15) is 5.75 Å². The molecule has 0 saturated heterocycles. The van der Waals surface area contributed by atoms with Crippen molar-refractivity contribution < 1.29 is 19.4 Å². The molecule has 5 nitrogen and oxygen atoms in total. The molecule has 1 aromatic carbocycles. The number of hydrogen-bond acceptors (Lipinski definition) is 4. The summed E-state index contributed by atoms with van der Waals surface area (Å²) in [6, 6.07) is 6.17. The van der Waals surface area contributed by atoms with Gasteiger partial charge in [0.25, 0.3) is 0 Å². The average molecular weight is 219 g/mol. The second-order valence-corrected chi connectivity index (χ2v) is 3.29. The molecule has 2 rings (SSSR count). The minimum absolute atomic E-state index is 0.130. The van der Waals surface area contributed by atoms with E-state index in [1.165, 1.54) is 12.1 Å². The van der Waals surface area contributed by atoms with Crippen molar-refractivity contribution in [2.45, 2.75) is 6.92 Å². The van der Waals surface area contributed by atoms with Crippen molar-refractivity contribution in [2.75, 3.05) is 0 Å². The van der Waals surface area contributed by atoms with Crippen LogP contribution in [0.1, 0.15) is 16.2 Å². The van der Waals surface area contributed by atoms with Gasteiger partial charge >= 0.3 is 5.97 Å². The molecule has 82 valence electrons. The second-order valence-electron chi connectivity index (χ2n) is 3.29. The lowest BCUT2D eigenvalue weighted by Gasteiger charge is -1.94. The van der Waals surface area contributed by atoms with Crippen LogP contribution in [0.5, 0.6) is 5.75 Å². The number of benzene rings is 1. The molecule has 0 spiro atoms. The highest BCUT2D eigenvalue weighted by Gasteiger charge is 2.16.